The van der Waals surface area contributed by atoms with Crippen molar-refractivity contribution in [3.8, 4) is 0 Å². The molecule has 3 unspecified atom stereocenters. The molecule has 1 saturated carbocycles. The number of nitrogens with zero attached hydrogens (tertiary/aromatic N) is 1. The van der Waals surface area contributed by atoms with Gasteiger partial charge in [0.15, 0.2) is 0 Å². The van der Waals surface area contributed by atoms with Crippen LogP contribution < -0.4 is 10.6 Å². The molecule has 1 fully saturated rings. The summed E-state index contributed by atoms with van der Waals surface area (Å²) in [4.78, 5) is 2.42. The minimum absolute atomic E-state index is 0.151. The molecule has 0 heterocycles. The minimum Gasteiger partial charge on any atom is -0.402 e. The molecule has 0 amide bonds. The standard InChI is InChI=1S/C37H48N2/c1-6-31-32(7-2)36(31)37(5)23-21-27(22-24-37)35(26-17-19-30(20-18-26)39(8-3)9-4)34-16-12-14-29(38)25-28-13-10-11-15-33(28)34/h10-11,13-15,17-24,31-32,34,36H,6-9,12,16,25,38H2,1-5H3/t31-,32?,34?,36?,37?/m1/s1. The summed E-state index contributed by atoms with van der Waals surface area (Å²) in [5, 5.41) is 0. The lowest BCUT2D eigenvalue weighted by Gasteiger charge is -2.31. The van der Waals surface area contributed by atoms with E-state index < -0.39 is 0 Å². The Hall–Kier alpha value is -3.00. The van der Waals surface area contributed by atoms with Gasteiger partial charge in [-0.3, -0.25) is 0 Å². The molecule has 2 N–H and O–H groups in total. The molecule has 0 radical (unpaired) electrons. The van der Waals surface area contributed by atoms with Gasteiger partial charge in [-0.2, -0.15) is 0 Å². The van der Waals surface area contributed by atoms with Crippen molar-refractivity contribution in [3.63, 3.8) is 0 Å². The van der Waals surface area contributed by atoms with Crippen LogP contribution >= 0.6 is 0 Å². The van der Waals surface area contributed by atoms with Crippen molar-refractivity contribution in [2.75, 3.05) is 18.0 Å². The third-order valence-electron chi connectivity index (χ3n) is 9.89. The van der Waals surface area contributed by atoms with Crippen LogP contribution in [0, 0.1) is 23.2 Å². The molecule has 3 aliphatic carbocycles. The quantitative estimate of drug-likeness (QED) is 0.376. The molecule has 0 aliphatic heterocycles. The highest BCUT2D eigenvalue weighted by Crippen LogP contribution is 2.61. The van der Waals surface area contributed by atoms with Crippen molar-refractivity contribution in [1.29, 1.82) is 0 Å². The SMILES string of the molecule is CCC1C(C2(C)C=CC(=C(c3ccc(N(CC)CC)cc3)C3CCC=C(N)Cc4ccccc43)C=C2)[C@@H]1CC. The molecule has 0 saturated heterocycles. The molecular weight excluding hydrogens is 472 g/mol. The van der Waals surface area contributed by atoms with E-state index in [-0.39, 0.29) is 5.41 Å². The Kier molecular flexibility index (Phi) is 8.21. The van der Waals surface area contributed by atoms with Crippen LogP contribution in [0.4, 0.5) is 5.69 Å². The zero-order chi connectivity index (χ0) is 27.6. The Balaban J connectivity index is 1.60. The van der Waals surface area contributed by atoms with E-state index in [9.17, 15) is 0 Å². The first-order chi connectivity index (χ1) is 18.9. The fraction of sp³-hybridized carbons (Fsp3) is 0.459. The van der Waals surface area contributed by atoms with E-state index >= 15 is 0 Å². The van der Waals surface area contributed by atoms with E-state index in [4.69, 9.17) is 5.73 Å². The highest BCUT2D eigenvalue weighted by atomic mass is 15.1. The van der Waals surface area contributed by atoms with Crippen LogP contribution in [0.5, 0.6) is 0 Å². The van der Waals surface area contributed by atoms with Gasteiger partial charge in [-0.05, 0) is 84.4 Å². The molecule has 3 aliphatic rings. The molecule has 0 bridgehead atoms. The van der Waals surface area contributed by atoms with Gasteiger partial charge in [-0.1, -0.05) is 100 Å². The zero-order valence-corrected chi connectivity index (χ0v) is 24.8. The Bertz CT molecular complexity index is 1240. The molecular formula is C37H48N2. The Labute approximate surface area is 237 Å². The number of anilines is 1. The fourth-order valence-electron chi connectivity index (χ4n) is 7.76. The van der Waals surface area contributed by atoms with E-state index in [0.29, 0.717) is 5.92 Å². The second kappa shape index (κ2) is 11.6. The van der Waals surface area contributed by atoms with Crippen LogP contribution in [-0.4, -0.2) is 13.1 Å². The molecule has 4 atom stereocenters. The van der Waals surface area contributed by atoms with E-state index in [2.05, 4.69) is 118 Å². The van der Waals surface area contributed by atoms with Crippen molar-refractivity contribution >= 4 is 11.3 Å². The summed E-state index contributed by atoms with van der Waals surface area (Å²) < 4.78 is 0. The lowest BCUT2D eigenvalue weighted by molar-refractivity contribution is 0.417. The van der Waals surface area contributed by atoms with Gasteiger partial charge in [-0.15, -0.1) is 0 Å². The smallest absolute Gasteiger partial charge is 0.0366 e. The summed E-state index contributed by atoms with van der Waals surface area (Å²) in [6.45, 7) is 13.7. The van der Waals surface area contributed by atoms with Gasteiger partial charge in [0.25, 0.3) is 0 Å². The summed E-state index contributed by atoms with van der Waals surface area (Å²) in [6, 6.07) is 18.3. The maximum Gasteiger partial charge on any atom is 0.0366 e. The Morgan fingerprint density at radius 3 is 2.15 bits per heavy atom. The van der Waals surface area contributed by atoms with Crippen LogP contribution in [0.15, 0.2) is 90.2 Å². The number of allylic oxidation sites excluding steroid dienone is 8. The minimum atomic E-state index is 0.151. The predicted octanol–water partition coefficient (Wildman–Crippen LogP) is 9.06. The largest absolute Gasteiger partial charge is 0.402 e. The average molecular weight is 521 g/mol. The van der Waals surface area contributed by atoms with Crippen LogP contribution in [0.3, 0.4) is 0 Å². The highest BCUT2D eigenvalue weighted by Gasteiger charge is 2.55. The van der Waals surface area contributed by atoms with Gasteiger partial charge < -0.3 is 10.6 Å². The van der Waals surface area contributed by atoms with Gasteiger partial charge in [-0.25, -0.2) is 0 Å². The molecule has 2 heteroatoms. The highest BCUT2D eigenvalue weighted by molar-refractivity contribution is 5.80. The number of hydrogen-bond acceptors (Lipinski definition) is 2. The Morgan fingerprint density at radius 1 is 0.897 bits per heavy atom. The maximum absolute atomic E-state index is 6.40. The van der Waals surface area contributed by atoms with Crippen LogP contribution in [0.25, 0.3) is 5.57 Å². The predicted molar refractivity (Wildman–Crippen MR) is 169 cm³/mol. The third-order valence-corrected chi connectivity index (χ3v) is 9.89. The first kappa shape index (κ1) is 27.6. The van der Waals surface area contributed by atoms with Crippen molar-refractivity contribution < 1.29 is 0 Å². The fourth-order valence-corrected chi connectivity index (χ4v) is 7.76. The van der Waals surface area contributed by atoms with E-state index in [1.165, 1.54) is 46.4 Å². The van der Waals surface area contributed by atoms with Crippen molar-refractivity contribution in [2.45, 2.75) is 72.6 Å². The van der Waals surface area contributed by atoms with Gasteiger partial charge in [0.05, 0.1) is 0 Å². The topological polar surface area (TPSA) is 29.3 Å². The lowest BCUT2D eigenvalue weighted by atomic mass is 9.74. The summed E-state index contributed by atoms with van der Waals surface area (Å²) in [6.07, 6.45) is 17.7. The number of fused-ring (bicyclic) bond motifs is 1. The van der Waals surface area contributed by atoms with E-state index in [0.717, 1.165) is 55.8 Å². The van der Waals surface area contributed by atoms with Crippen molar-refractivity contribution in [1.82, 2.24) is 0 Å². The third kappa shape index (κ3) is 5.40. The monoisotopic (exact) mass is 520 g/mol. The molecule has 2 aromatic carbocycles. The van der Waals surface area contributed by atoms with Crippen LogP contribution in [0.1, 0.15) is 82.9 Å². The van der Waals surface area contributed by atoms with E-state index in [1.54, 1.807) is 0 Å². The lowest BCUT2D eigenvalue weighted by Crippen LogP contribution is -2.21. The summed E-state index contributed by atoms with van der Waals surface area (Å²) in [5.41, 5.74) is 15.8. The normalized spacial score (nSPS) is 27.8. The van der Waals surface area contributed by atoms with Crippen LogP contribution in [-0.2, 0) is 6.42 Å². The molecule has 2 aromatic rings. The molecule has 206 valence electrons. The number of nitrogens with two attached hydrogens (primary N) is 1. The van der Waals surface area contributed by atoms with Gasteiger partial charge >= 0.3 is 0 Å². The number of hydrogen-bond donors (Lipinski definition) is 1. The average Bonchev–Trinajstić information content (AvgIpc) is 3.69. The maximum atomic E-state index is 6.40. The summed E-state index contributed by atoms with van der Waals surface area (Å²) >= 11 is 0. The molecule has 0 aromatic heterocycles. The van der Waals surface area contributed by atoms with Crippen molar-refractivity contribution in [2.24, 2.45) is 28.9 Å². The summed E-state index contributed by atoms with van der Waals surface area (Å²) in [7, 11) is 0. The molecule has 2 nitrogen and oxygen atoms in total. The second-order valence-electron chi connectivity index (χ2n) is 12.1. The zero-order valence-electron chi connectivity index (χ0n) is 24.8. The Morgan fingerprint density at radius 2 is 1.54 bits per heavy atom. The molecule has 0 spiro atoms. The molecule has 5 rings (SSSR count). The number of benzene rings is 2. The van der Waals surface area contributed by atoms with E-state index in [1.807, 2.05) is 0 Å². The summed E-state index contributed by atoms with van der Waals surface area (Å²) in [5.74, 6) is 2.82. The van der Waals surface area contributed by atoms with Gasteiger partial charge in [0, 0.05) is 42.2 Å². The molecule has 39 heavy (non-hydrogen) atoms. The first-order valence-electron chi connectivity index (χ1n) is 15.4. The van der Waals surface area contributed by atoms with Gasteiger partial charge in [0.1, 0.15) is 0 Å². The number of rotatable bonds is 8. The van der Waals surface area contributed by atoms with Gasteiger partial charge in [0.2, 0.25) is 0 Å². The van der Waals surface area contributed by atoms with Crippen LogP contribution in [0.2, 0.25) is 0 Å². The second-order valence-corrected chi connectivity index (χ2v) is 12.1. The van der Waals surface area contributed by atoms with Crippen molar-refractivity contribution in [3.05, 3.63) is 107 Å². The first-order valence-corrected chi connectivity index (χ1v) is 15.4.